The Labute approximate surface area is 192 Å². The number of morpholine rings is 1. The maximum absolute atomic E-state index is 13.2. The number of rotatable bonds is 9. The van der Waals surface area contributed by atoms with Crippen LogP contribution in [-0.4, -0.2) is 68.8 Å². The lowest BCUT2D eigenvalue weighted by atomic mass is 10.1. The maximum atomic E-state index is 13.2. The van der Waals surface area contributed by atoms with E-state index in [1.165, 1.54) is 0 Å². The molecule has 1 heterocycles. The van der Waals surface area contributed by atoms with Gasteiger partial charge in [0.2, 0.25) is 0 Å². The quantitative estimate of drug-likeness (QED) is 0.590. The summed E-state index contributed by atoms with van der Waals surface area (Å²) in [6.45, 7) is 10.6. The van der Waals surface area contributed by atoms with Crippen molar-refractivity contribution in [1.82, 2.24) is 9.80 Å². The molecule has 0 bridgehead atoms. The first-order valence-corrected chi connectivity index (χ1v) is 11.3. The van der Waals surface area contributed by atoms with Crippen LogP contribution >= 0.6 is 0 Å². The Morgan fingerprint density at radius 3 is 2.56 bits per heavy atom. The summed E-state index contributed by atoms with van der Waals surface area (Å²) in [7, 11) is 3.34. The summed E-state index contributed by atoms with van der Waals surface area (Å²) in [5, 5.41) is 0. The summed E-state index contributed by atoms with van der Waals surface area (Å²) in [5.41, 5.74) is 2.99. The summed E-state index contributed by atoms with van der Waals surface area (Å²) in [6.07, 6.45) is -0.0267. The Kier molecular flexibility index (Phi) is 8.53. The van der Waals surface area contributed by atoms with Crippen LogP contribution in [0, 0.1) is 12.8 Å². The van der Waals surface area contributed by atoms with E-state index in [1.54, 1.807) is 14.2 Å². The van der Waals surface area contributed by atoms with E-state index in [1.807, 2.05) is 54.3 Å². The topological polar surface area (TPSA) is 51.2 Å². The first-order valence-electron chi connectivity index (χ1n) is 11.3. The molecule has 0 spiro atoms. The molecule has 174 valence electrons. The lowest BCUT2D eigenvalue weighted by Crippen LogP contribution is -2.49. The number of benzene rings is 2. The fourth-order valence-electron chi connectivity index (χ4n) is 4.06. The minimum absolute atomic E-state index is 0.0267. The number of ether oxygens (including phenoxy) is 3. The van der Waals surface area contributed by atoms with Gasteiger partial charge in [-0.1, -0.05) is 37.6 Å². The largest absolute Gasteiger partial charge is 0.497 e. The molecule has 6 heteroatoms. The van der Waals surface area contributed by atoms with Crippen LogP contribution in [0.4, 0.5) is 0 Å². The zero-order valence-electron chi connectivity index (χ0n) is 20.0. The van der Waals surface area contributed by atoms with Crippen LogP contribution in [0.2, 0.25) is 0 Å². The van der Waals surface area contributed by atoms with Crippen LogP contribution < -0.4 is 9.47 Å². The molecule has 1 saturated heterocycles. The average Bonchev–Trinajstić information content (AvgIpc) is 2.79. The van der Waals surface area contributed by atoms with Crippen LogP contribution in [0.15, 0.2) is 42.5 Å². The summed E-state index contributed by atoms with van der Waals surface area (Å²) in [6, 6.07) is 13.7. The van der Waals surface area contributed by atoms with Gasteiger partial charge >= 0.3 is 0 Å². The van der Waals surface area contributed by atoms with Gasteiger partial charge in [0.1, 0.15) is 11.5 Å². The van der Waals surface area contributed by atoms with Crippen molar-refractivity contribution in [2.45, 2.75) is 33.4 Å². The van der Waals surface area contributed by atoms with Gasteiger partial charge in [0.25, 0.3) is 5.91 Å². The van der Waals surface area contributed by atoms with Crippen molar-refractivity contribution in [3.63, 3.8) is 0 Å². The molecule has 1 aliphatic rings. The van der Waals surface area contributed by atoms with Crippen molar-refractivity contribution >= 4 is 5.91 Å². The smallest absolute Gasteiger partial charge is 0.253 e. The molecule has 1 aliphatic heterocycles. The Morgan fingerprint density at radius 2 is 1.91 bits per heavy atom. The predicted octanol–water partition coefficient (Wildman–Crippen LogP) is 4.01. The molecular weight excluding hydrogens is 404 g/mol. The highest BCUT2D eigenvalue weighted by atomic mass is 16.5. The van der Waals surface area contributed by atoms with Gasteiger partial charge in [0, 0.05) is 49.9 Å². The standard InChI is InChI=1S/C26H36N2O4/c1-19(2)15-28(26(29)21-8-6-20(3)7-9-21)18-24-17-27(12-13-32-24)16-22-10-11-23(30-4)14-25(22)31-5/h6-11,14,19,24H,12-13,15-18H2,1-5H3/t24-/m0/s1. The first-order chi connectivity index (χ1) is 15.4. The normalized spacial score (nSPS) is 16.8. The van der Waals surface area contributed by atoms with Crippen LogP contribution in [0.3, 0.4) is 0 Å². The van der Waals surface area contributed by atoms with Gasteiger partial charge in [0.15, 0.2) is 0 Å². The number of hydrogen-bond donors (Lipinski definition) is 0. The van der Waals surface area contributed by atoms with E-state index in [9.17, 15) is 4.79 Å². The molecule has 0 unspecified atom stereocenters. The third kappa shape index (κ3) is 6.47. The fourth-order valence-corrected chi connectivity index (χ4v) is 4.06. The average molecular weight is 441 g/mol. The van der Waals surface area contributed by atoms with Crippen molar-refractivity contribution in [3.8, 4) is 11.5 Å². The minimum atomic E-state index is -0.0267. The lowest BCUT2D eigenvalue weighted by molar-refractivity contribution is -0.0439. The zero-order chi connectivity index (χ0) is 23.1. The van der Waals surface area contributed by atoms with Crippen molar-refractivity contribution in [3.05, 3.63) is 59.2 Å². The monoisotopic (exact) mass is 440 g/mol. The van der Waals surface area contributed by atoms with E-state index in [0.29, 0.717) is 25.6 Å². The molecule has 0 radical (unpaired) electrons. The minimum Gasteiger partial charge on any atom is -0.497 e. The number of methoxy groups -OCH3 is 2. The maximum Gasteiger partial charge on any atom is 0.253 e. The molecule has 3 rings (SSSR count). The fraction of sp³-hybridized carbons (Fsp3) is 0.500. The van der Waals surface area contributed by atoms with E-state index >= 15 is 0 Å². The van der Waals surface area contributed by atoms with Gasteiger partial charge in [-0.15, -0.1) is 0 Å². The Bertz CT molecular complexity index is 882. The molecular formula is C26H36N2O4. The third-order valence-corrected chi connectivity index (χ3v) is 5.71. The van der Waals surface area contributed by atoms with Crippen molar-refractivity contribution in [1.29, 1.82) is 0 Å². The highest BCUT2D eigenvalue weighted by molar-refractivity contribution is 5.94. The van der Waals surface area contributed by atoms with E-state index in [-0.39, 0.29) is 12.0 Å². The van der Waals surface area contributed by atoms with Crippen LogP contribution in [0.5, 0.6) is 11.5 Å². The van der Waals surface area contributed by atoms with Gasteiger partial charge < -0.3 is 19.1 Å². The van der Waals surface area contributed by atoms with Gasteiger partial charge in [0.05, 0.1) is 26.9 Å². The SMILES string of the molecule is COc1ccc(CN2CCO[C@H](CN(CC(C)C)C(=O)c3ccc(C)cc3)C2)c(OC)c1. The number of carbonyl (C=O) groups excluding carboxylic acids is 1. The summed E-state index contributed by atoms with van der Waals surface area (Å²) in [4.78, 5) is 17.5. The highest BCUT2D eigenvalue weighted by Gasteiger charge is 2.26. The first kappa shape index (κ1) is 24.1. The summed E-state index contributed by atoms with van der Waals surface area (Å²) in [5.74, 6) is 2.05. The highest BCUT2D eigenvalue weighted by Crippen LogP contribution is 2.26. The molecule has 2 aromatic rings. The molecule has 0 aliphatic carbocycles. The number of nitrogens with zero attached hydrogens (tertiary/aromatic N) is 2. The number of hydrogen-bond acceptors (Lipinski definition) is 5. The predicted molar refractivity (Wildman–Crippen MR) is 126 cm³/mol. The second-order valence-electron chi connectivity index (χ2n) is 8.88. The van der Waals surface area contributed by atoms with E-state index in [2.05, 4.69) is 18.7 Å². The number of aryl methyl sites for hydroxylation is 1. The van der Waals surface area contributed by atoms with Gasteiger partial charge in [-0.25, -0.2) is 0 Å². The number of amides is 1. The summed E-state index contributed by atoms with van der Waals surface area (Å²) < 4.78 is 16.9. The van der Waals surface area contributed by atoms with E-state index < -0.39 is 0 Å². The third-order valence-electron chi connectivity index (χ3n) is 5.71. The van der Waals surface area contributed by atoms with Gasteiger partial charge in [-0.3, -0.25) is 9.69 Å². The lowest BCUT2D eigenvalue weighted by Gasteiger charge is -2.36. The molecule has 2 aromatic carbocycles. The van der Waals surface area contributed by atoms with Gasteiger partial charge in [-0.05, 0) is 31.0 Å². The molecule has 0 aromatic heterocycles. The number of carbonyl (C=O) groups is 1. The Hall–Kier alpha value is -2.57. The Morgan fingerprint density at radius 1 is 1.16 bits per heavy atom. The van der Waals surface area contributed by atoms with E-state index in [4.69, 9.17) is 14.2 Å². The second kappa shape index (κ2) is 11.3. The molecule has 0 saturated carbocycles. The molecule has 32 heavy (non-hydrogen) atoms. The Balaban J connectivity index is 1.67. The molecule has 6 nitrogen and oxygen atoms in total. The van der Waals surface area contributed by atoms with Gasteiger partial charge in [-0.2, -0.15) is 0 Å². The van der Waals surface area contributed by atoms with Crippen molar-refractivity contribution < 1.29 is 19.0 Å². The van der Waals surface area contributed by atoms with E-state index in [0.717, 1.165) is 47.8 Å². The molecule has 0 N–H and O–H groups in total. The zero-order valence-corrected chi connectivity index (χ0v) is 20.0. The van der Waals surface area contributed by atoms with Crippen LogP contribution in [0.1, 0.15) is 35.3 Å². The molecule has 1 atom stereocenters. The van der Waals surface area contributed by atoms with Crippen molar-refractivity contribution in [2.75, 3.05) is 47.0 Å². The molecule has 1 amide bonds. The summed E-state index contributed by atoms with van der Waals surface area (Å²) >= 11 is 0. The van der Waals surface area contributed by atoms with Crippen molar-refractivity contribution in [2.24, 2.45) is 5.92 Å². The van der Waals surface area contributed by atoms with Crippen LogP contribution in [-0.2, 0) is 11.3 Å². The molecule has 1 fully saturated rings. The second-order valence-corrected chi connectivity index (χ2v) is 8.88. The van der Waals surface area contributed by atoms with Crippen LogP contribution in [0.25, 0.3) is 0 Å².